The number of aromatic nitrogens is 1. The molecule has 1 aromatic heterocycles. The van der Waals surface area contributed by atoms with Gasteiger partial charge in [0, 0.05) is 0 Å². The number of phenols is 1. The first-order valence-electron chi connectivity index (χ1n) is 7.26. The second-order valence-electron chi connectivity index (χ2n) is 5.09. The Labute approximate surface area is 133 Å². The van der Waals surface area contributed by atoms with E-state index in [9.17, 15) is 15.0 Å². The second kappa shape index (κ2) is 7.91. The number of carbonyl (C=O) groups is 1. The number of rotatable bonds is 7. The van der Waals surface area contributed by atoms with Crippen molar-refractivity contribution in [1.82, 2.24) is 10.3 Å². The first kappa shape index (κ1) is 16.5. The molecule has 3 N–H and O–H groups in total. The molecule has 0 bridgehead atoms. The Kier molecular flexibility index (Phi) is 5.91. The van der Waals surface area contributed by atoms with Gasteiger partial charge in [-0.3, -0.25) is 4.79 Å². The maximum absolute atomic E-state index is 12.2. The van der Waals surface area contributed by atoms with Crippen molar-refractivity contribution >= 4 is 17.2 Å². The lowest BCUT2D eigenvalue weighted by molar-refractivity contribution is 0.0920. The minimum Gasteiger partial charge on any atom is -0.508 e. The molecule has 22 heavy (non-hydrogen) atoms. The van der Waals surface area contributed by atoms with E-state index < -0.39 is 0 Å². The van der Waals surface area contributed by atoms with Gasteiger partial charge >= 0.3 is 0 Å². The zero-order chi connectivity index (χ0) is 15.9. The summed E-state index contributed by atoms with van der Waals surface area (Å²) >= 11 is 1.39. The predicted molar refractivity (Wildman–Crippen MR) is 86.3 cm³/mol. The summed E-state index contributed by atoms with van der Waals surface area (Å²) in [5.74, 6) is -0.0147. The van der Waals surface area contributed by atoms with Gasteiger partial charge in [-0.15, -0.1) is 11.3 Å². The number of carbonyl (C=O) groups excluding carboxylic acids is 1. The number of aliphatic hydroxyl groups is 1. The van der Waals surface area contributed by atoms with Crippen molar-refractivity contribution in [3.63, 3.8) is 0 Å². The van der Waals surface area contributed by atoms with Crippen molar-refractivity contribution in [2.75, 3.05) is 6.61 Å². The third kappa shape index (κ3) is 4.54. The van der Waals surface area contributed by atoms with Crippen molar-refractivity contribution in [3.05, 3.63) is 45.9 Å². The van der Waals surface area contributed by atoms with Gasteiger partial charge in [0.1, 0.15) is 10.6 Å². The van der Waals surface area contributed by atoms with Crippen LogP contribution in [-0.2, 0) is 12.8 Å². The topological polar surface area (TPSA) is 82.5 Å². The summed E-state index contributed by atoms with van der Waals surface area (Å²) in [6, 6.07) is 6.36. The average Bonchev–Trinajstić information content (AvgIpc) is 2.98. The third-order valence-corrected chi connectivity index (χ3v) is 4.27. The summed E-state index contributed by atoms with van der Waals surface area (Å²) in [4.78, 5) is 17.0. The zero-order valence-electron chi connectivity index (χ0n) is 12.5. The number of aromatic hydroxyl groups is 1. The van der Waals surface area contributed by atoms with Crippen LogP contribution < -0.4 is 5.32 Å². The summed E-state index contributed by atoms with van der Waals surface area (Å²) < 4.78 is 0. The van der Waals surface area contributed by atoms with Gasteiger partial charge in [-0.25, -0.2) is 4.98 Å². The van der Waals surface area contributed by atoms with Crippen LogP contribution in [0.15, 0.2) is 30.5 Å². The highest BCUT2D eigenvalue weighted by atomic mass is 32.1. The lowest BCUT2D eigenvalue weighted by atomic mass is 10.1. The molecule has 0 saturated heterocycles. The molecule has 0 saturated carbocycles. The quantitative estimate of drug-likeness (QED) is 0.730. The number of thiazole rings is 1. The van der Waals surface area contributed by atoms with Gasteiger partial charge in [0.25, 0.3) is 5.91 Å². The van der Waals surface area contributed by atoms with Crippen LogP contribution in [0.3, 0.4) is 0 Å². The maximum Gasteiger partial charge on any atom is 0.263 e. The SMILES string of the molecule is CCCc1ncc(C(=O)N[C@H](CO)Cc2ccc(O)cc2)s1. The monoisotopic (exact) mass is 320 g/mol. The van der Waals surface area contributed by atoms with Crippen molar-refractivity contribution in [2.45, 2.75) is 32.2 Å². The molecule has 0 unspecified atom stereocenters. The molecule has 1 amide bonds. The Morgan fingerprint density at radius 3 is 2.73 bits per heavy atom. The van der Waals surface area contributed by atoms with Gasteiger partial charge in [0.15, 0.2) is 0 Å². The number of hydrogen-bond acceptors (Lipinski definition) is 5. The Bertz CT molecular complexity index is 610. The average molecular weight is 320 g/mol. The molecule has 1 heterocycles. The minimum atomic E-state index is -0.367. The molecule has 1 atom stereocenters. The molecule has 0 aliphatic carbocycles. The molecule has 0 aliphatic heterocycles. The molecule has 2 rings (SSSR count). The van der Waals surface area contributed by atoms with E-state index in [0.717, 1.165) is 23.4 Å². The van der Waals surface area contributed by atoms with Crippen LogP contribution in [0, 0.1) is 0 Å². The minimum absolute atomic E-state index is 0.146. The standard InChI is InChI=1S/C16H20N2O3S/c1-2-3-15-17-9-14(22-15)16(21)18-12(10-19)8-11-4-6-13(20)7-5-11/h4-7,9,12,19-20H,2-3,8,10H2,1H3,(H,18,21)/t12-/m0/s1. The van der Waals surface area contributed by atoms with Crippen molar-refractivity contribution < 1.29 is 15.0 Å². The number of hydrogen-bond donors (Lipinski definition) is 3. The normalized spacial score (nSPS) is 12.1. The predicted octanol–water partition coefficient (Wildman–Crippen LogP) is 2.13. The number of nitrogens with one attached hydrogen (secondary N) is 1. The first-order chi connectivity index (χ1) is 10.6. The van der Waals surface area contributed by atoms with E-state index in [2.05, 4.69) is 17.2 Å². The number of nitrogens with zero attached hydrogens (tertiary/aromatic N) is 1. The fourth-order valence-electron chi connectivity index (χ4n) is 2.08. The molecule has 6 heteroatoms. The van der Waals surface area contributed by atoms with E-state index in [-0.39, 0.29) is 24.3 Å². The molecule has 5 nitrogen and oxygen atoms in total. The van der Waals surface area contributed by atoms with Gasteiger partial charge in [-0.1, -0.05) is 19.1 Å². The summed E-state index contributed by atoms with van der Waals surface area (Å²) in [6.45, 7) is 1.92. The smallest absolute Gasteiger partial charge is 0.263 e. The van der Waals surface area contributed by atoms with Crippen LogP contribution in [0.4, 0.5) is 0 Å². The van der Waals surface area contributed by atoms with E-state index in [4.69, 9.17) is 0 Å². The van der Waals surface area contributed by atoms with E-state index in [1.807, 2.05) is 0 Å². The highest BCUT2D eigenvalue weighted by Crippen LogP contribution is 2.15. The number of amides is 1. The Morgan fingerprint density at radius 2 is 2.09 bits per heavy atom. The third-order valence-electron chi connectivity index (χ3n) is 3.22. The van der Waals surface area contributed by atoms with Crippen molar-refractivity contribution in [2.24, 2.45) is 0 Å². The largest absolute Gasteiger partial charge is 0.508 e. The fourth-order valence-corrected chi connectivity index (χ4v) is 3.00. The van der Waals surface area contributed by atoms with E-state index >= 15 is 0 Å². The first-order valence-corrected chi connectivity index (χ1v) is 8.08. The lowest BCUT2D eigenvalue weighted by Crippen LogP contribution is -2.38. The van der Waals surface area contributed by atoms with Gasteiger partial charge in [0.05, 0.1) is 23.9 Å². The van der Waals surface area contributed by atoms with Crippen LogP contribution in [0.2, 0.25) is 0 Å². The van der Waals surface area contributed by atoms with Crippen LogP contribution in [-0.4, -0.2) is 33.8 Å². The van der Waals surface area contributed by atoms with Crippen molar-refractivity contribution in [3.8, 4) is 5.75 Å². The van der Waals surface area contributed by atoms with Gasteiger partial charge in [0.2, 0.25) is 0 Å². The molecule has 0 aliphatic rings. The Balaban J connectivity index is 1.96. The summed E-state index contributed by atoms with van der Waals surface area (Å²) in [5.41, 5.74) is 0.938. The summed E-state index contributed by atoms with van der Waals surface area (Å²) in [6.07, 6.45) is 3.95. The van der Waals surface area contributed by atoms with Gasteiger partial charge < -0.3 is 15.5 Å². The molecule has 1 aromatic carbocycles. The molecule has 118 valence electrons. The highest BCUT2D eigenvalue weighted by molar-refractivity contribution is 7.13. The second-order valence-corrected chi connectivity index (χ2v) is 6.21. The zero-order valence-corrected chi connectivity index (χ0v) is 13.3. The summed E-state index contributed by atoms with van der Waals surface area (Å²) in [7, 11) is 0. The molecule has 0 fully saturated rings. The Morgan fingerprint density at radius 1 is 1.36 bits per heavy atom. The van der Waals surface area contributed by atoms with Crippen LogP contribution in [0.5, 0.6) is 5.75 Å². The van der Waals surface area contributed by atoms with Gasteiger partial charge in [-0.05, 0) is 37.0 Å². The van der Waals surface area contributed by atoms with E-state index in [0.29, 0.717) is 11.3 Å². The Hall–Kier alpha value is -1.92. The van der Waals surface area contributed by atoms with E-state index in [1.54, 1.807) is 30.5 Å². The van der Waals surface area contributed by atoms with Crippen molar-refractivity contribution in [1.29, 1.82) is 0 Å². The van der Waals surface area contributed by atoms with Crippen LogP contribution in [0.1, 0.15) is 33.6 Å². The molecular weight excluding hydrogens is 300 g/mol. The number of aliphatic hydroxyl groups excluding tert-OH is 1. The fraction of sp³-hybridized carbons (Fsp3) is 0.375. The highest BCUT2D eigenvalue weighted by Gasteiger charge is 2.16. The number of phenolic OH excluding ortho intramolecular Hbond substituents is 1. The number of benzene rings is 1. The van der Waals surface area contributed by atoms with Gasteiger partial charge in [-0.2, -0.15) is 0 Å². The van der Waals surface area contributed by atoms with Crippen LogP contribution in [0.25, 0.3) is 0 Å². The molecule has 0 radical (unpaired) electrons. The van der Waals surface area contributed by atoms with Crippen LogP contribution >= 0.6 is 11.3 Å². The molecule has 2 aromatic rings. The summed E-state index contributed by atoms with van der Waals surface area (Å²) in [5, 5.41) is 22.5. The number of aryl methyl sites for hydroxylation is 1. The molecular formula is C16H20N2O3S. The lowest BCUT2D eigenvalue weighted by Gasteiger charge is -2.15. The maximum atomic E-state index is 12.2. The van der Waals surface area contributed by atoms with E-state index in [1.165, 1.54) is 11.3 Å². The molecule has 0 spiro atoms.